The first-order valence-corrected chi connectivity index (χ1v) is 5.19. The maximum absolute atomic E-state index is 10.2. The van der Waals surface area contributed by atoms with Gasteiger partial charge in [-0.05, 0) is 37.7 Å². The summed E-state index contributed by atoms with van der Waals surface area (Å²) in [5, 5.41) is 0. The minimum absolute atomic E-state index is 0.0201. The summed E-state index contributed by atoms with van der Waals surface area (Å²) in [5.74, 6) is 0. The summed E-state index contributed by atoms with van der Waals surface area (Å²) < 4.78 is 10.9. The zero-order chi connectivity index (χ0) is 10.2. The standard InChI is InChI=1S/C11H18O3/c1-10(9-12)5-4-8-14-11-6-2-3-7-13-11/h9,11H,1-8H2. The normalized spacial score (nSPS) is 21.9. The van der Waals surface area contributed by atoms with E-state index in [9.17, 15) is 4.79 Å². The van der Waals surface area contributed by atoms with E-state index in [2.05, 4.69) is 6.58 Å². The molecule has 0 spiro atoms. The number of hydrogen-bond donors (Lipinski definition) is 0. The molecule has 1 saturated heterocycles. The molecule has 0 aliphatic carbocycles. The van der Waals surface area contributed by atoms with Crippen LogP contribution in [0.5, 0.6) is 0 Å². The van der Waals surface area contributed by atoms with Gasteiger partial charge in [0.25, 0.3) is 0 Å². The zero-order valence-corrected chi connectivity index (χ0v) is 8.54. The van der Waals surface area contributed by atoms with Gasteiger partial charge in [-0.1, -0.05) is 6.58 Å². The molecule has 0 aromatic carbocycles. The van der Waals surface area contributed by atoms with Crippen molar-refractivity contribution in [2.75, 3.05) is 13.2 Å². The summed E-state index contributed by atoms with van der Waals surface area (Å²) in [4.78, 5) is 10.2. The molecule has 1 unspecified atom stereocenters. The van der Waals surface area contributed by atoms with E-state index in [1.807, 2.05) is 0 Å². The Balaban J connectivity index is 1.97. The molecule has 0 aromatic heterocycles. The first-order chi connectivity index (χ1) is 6.83. The predicted octanol–water partition coefficient (Wildman–Crippen LogP) is 2.06. The first-order valence-electron chi connectivity index (χ1n) is 5.19. The average Bonchev–Trinajstić information content (AvgIpc) is 2.25. The van der Waals surface area contributed by atoms with Crippen molar-refractivity contribution in [3.8, 4) is 0 Å². The fourth-order valence-corrected chi connectivity index (χ4v) is 1.42. The Hall–Kier alpha value is -0.670. The molecule has 3 heteroatoms. The van der Waals surface area contributed by atoms with E-state index < -0.39 is 0 Å². The quantitative estimate of drug-likeness (QED) is 0.372. The number of ether oxygens (including phenoxy) is 2. The van der Waals surface area contributed by atoms with Crippen LogP contribution in [0.15, 0.2) is 12.2 Å². The van der Waals surface area contributed by atoms with Crippen LogP contribution in [0, 0.1) is 0 Å². The van der Waals surface area contributed by atoms with Crippen LogP contribution < -0.4 is 0 Å². The van der Waals surface area contributed by atoms with Crippen LogP contribution >= 0.6 is 0 Å². The minimum Gasteiger partial charge on any atom is -0.353 e. The molecule has 1 rings (SSSR count). The van der Waals surface area contributed by atoms with Gasteiger partial charge in [0.15, 0.2) is 6.29 Å². The molecule has 80 valence electrons. The summed E-state index contributed by atoms with van der Waals surface area (Å²) in [5.41, 5.74) is 0.637. The van der Waals surface area contributed by atoms with Gasteiger partial charge in [-0.25, -0.2) is 0 Å². The van der Waals surface area contributed by atoms with Gasteiger partial charge in [-0.2, -0.15) is 0 Å². The highest BCUT2D eigenvalue weighted by molar-refractivity contribution is 5.71. The Morgan fingerprint density at radius 3 is 3.07 bits per heavy atom. The van der Waals surface area contributed by atoms with Crippen molar-refractivity contribution in [2.45, 2.75) is 38.4 Å². The number of carbonyl (C=O) groups is 1. The summed E-state index contributed by atoms with van der Waals surface area (Å²) in [6.45, 7) is 5.06. The van der Waals surface area contributed by atoms with Crippen LogP contribution in [0.3, 0.4) is 0 Å². The molecule has 1 fully saturated rings. The summed E-state index contributed by atoms with van der Waals surface area (Å²) in [7, 11) is 0. The van der Waals surface area contributed by atoms with Crippen molar-refractivity contribution in [3.63, 3.8) is 0 Å². The van der Waals surface area contributed by atoms with Crippen LogP contribution in [0.1, 0.15) is 32.1 Å². The van der Waals surface area contributed by atoms with E-state index in [1.165, 1.54) is 6.42 Å². The van der Waals surface area contributed by atoms with E-state index in [0.717, 1.165) is 38.6 Å². The highest BCUT2D eigenvalue weighted by atomic mass is 16.7. The van der Waals surface area contributed by atoms with E-state index >= 15 is 0 Å². The third-order valence-electron chi connectivity index (χ3n) is 2.25. The van der Waals surface area contributed by atoms with Gasteiger partial charge < -0.3 is 9.47 Å². The summed E-state index contributed by atoms with van der Waals surface area (Å²) >= 11 is 0. The molecule has 0 bridgehead atoms. The number of rotatable bonds is 6. The van der Waals surface area contributed by atoms with E-state index in [0.29, 0.717) is 12.2 Å². The average molecular weight is 198 g/mol. The van der Waals surface area contributed by atoms with Gasteiger partial charge in [-0.15, -0.1) is 0 Å². The summed E-state index contributed by atoms with van der Waals surface area (Å²) in [6, 6.07) is 0. The van der Waals surface area contributed by atoms with Crippen molar-refractivity contribution in [2.24, 2.45) is 0 Å². The van der Waals surface area contributed by atoms with E-state index in [4.69, 9.17) is 9.47 Å². The molecular formula is C11H18O3. The topological polar surface area (TPSA) is 35.5 Å². The molecule has 14 heavy (non-hydrogen) atoms. The zero-order valence-electron chi connectivity index (χ0n) is 8.54. The molecular weight excluding hydrogens is 180 g/mol. The van der Waals surface area contributed by atoms with Crippen LogP contribution in [0.25, 0.3) is 0 Å². The molecule has 1 aliphatic heterocycles. The smallest absolute Gasteiger partial charge is 0.157 e. The van der Waals surface area contributed by atoms with Crippen LogP contribution in [0.2, 0.25) is 0 Å². The van der Waals surface area contributed by atoms with Crippen molar-refractivity contribution in [1.82, 2.24) is 0 Å². The molecule has 0 N–H and O–H groups in total. The second-order valence-electron chi connectivity index (χ2n) is 3.55. The van der Waals surface area contributed by atoms with Crippen LogP contribution in [-0.2, 0) is 14.3 Å². The summed E-state index contributed by atoms with van der Waals surface area (Å²) in [6.07, 6.45) is 5.67. The second-order valence-corrected chi connectivity index (χ2v) is 3.55. The minimum atomic E-state index is -0.0201. The number of allylic oxidation sites excluding steroid dienone is 1. The Bertz CT molecular complexity index is 183. The van der Waals surface area contributed by atoms with Gasteiger partial charge in [0.1, 0.15) is 6.29 Å². The van der Waals surface area contributed by atoms with Crippen molar-refractivity contribution in [1.29, 1.82) is 0 Å². The molecule has 3 nitrogen and oxygen atoms in total. The van der Waals surface area contributed by atoms with Gasteiger partial charge in [-0.3, -0.25) is 4.79 Å². The SMILES string of the molecule is C=C(C=O)CCCOC1CCCCO1. The molecule has 0 aromatic rings. The Labute approximate surface area is 85.1 Å². The first kappa shape index (κ1) is 11.4. The third-order valence-corrected chi connectivity index (χ3v) is 2.25. The fourth-order valence-electron chi connectivity index (χ4n) is 1.42. The largest absolute Gasteiger partial charge is 0.353 e. The van der Waals surface area contributed by atoms with Gasteiger partial charge in [0.05, 0.1) is 6.61 Å². The fraction of sp³-hybridized carbons (Fsp3) is 0.727. The molecule has 0 radical (unpaired) electrons. The lowest BCUT2D eigenvalue weighted by molar-refractivity contribution is -0.162. The highest BCUT2D eigenvalue weighted by Crippen LogP contribution is 2.14. The van der Waals surface area contributed by atoms with Crippen molar-refractivity contribution >= 4 is 6.29 Å². The lowest BCUT2D eigenvalue weighted by Gasteiger charge is -2.22. The maximum atomic E-state index is 10.2. The molecule has 1 heterocycles. The second kappa shape index (κ2) is 6.74. The molecule has 0 amide bonds. The number of carbonyl (C=O) groups excluding carboxylic acids is 1. The lowest BCUT2D eigenvalue weighted by atomic mass is 10.2. The van der Waals surface area contributed by atoms with Crippen molar-refractivity contribution in [3.05, 3.63) is 12.2 Å². The molecule has 0 saturated carbocycles. The van der Waals surface area contributed by atoms with Gasteiger partial charge >= 0.3 is 0 Å². The van der Waals surface area contributed by atoms with Gasteiger partial charge in [0.2, 0.25) is 0 Å². The predicted molar refractivity (Wildman–Crippen MR) is 54.0 cm³/mol. The van der Waals surface area contributed by atoms with Crippen LogP contribution in [0.4, 0.5) is 0 Å². The lowest BCUT2D eigenvalue weighted by Crippen LogP contribution is -2.22. The Kier molecular flexibility index (Phi) is 5.49. The monoisotopic (exact) mass is 198 g/mol. The Morgan fingerprint density at radius 1 is 1.57 bits per heavy atom. The van der Waals surface area contributed by atoms with Gasteiger partial charge in [0, 0.05) is 6.61 Å². The number of hydrogen-bond acceptors (Lipinski definition) is 3. The van der Waals surface area contributed by atoms with E-state index in [1.54, 1.807) is 0 Å². The van der Waals surface area contributed by atoms with E-state index in [-0.39, 0.29) is 6.29 Å². The molecule has 1 aliphatic rings. The van der Waals surface area contributed by atoms with Crippen molar-refractivity contribution < 1.29 is 14.3 Å². The molecule has 1 atom stereocenters. The highest BCUT2D eigenvalue weighted by Gasteiger charge is 2.13. The third kappa shape index (κ3) is 4.53. The Morgan fingerprint density at radius 2 is 2.43 bits per heavy atom. The number of aldehydes is 1. The maximum Gasteiger partial charge on any atom is 0.157 e. The van der Waals surface area contributed by atoms with Crippen LogP contribution in [-0.4, -0.2) is 25.8 Å².